The van der Waals surface area contributed by atoms with Crippen molar-refractivity contribution in [2.24, 2.45) is 0 Å². The zero-order chi connectivity index (χ0) is 39.6. The van der Waals surface area contributed by atoms with Crippen molar-refractivity contribution in [3.63, 3.8) is 0 Å². The maximum Gasteiger partial charge on any atom is 0.136 e. The van der Waals surface area contributed by atoms with E-state index in [-0.39, 0.29) is 62.0 Å². The summed E-state index contributed by atoms with van der Waals surface area (Å²) in [4.78, 5) is 0. The Morgan fingerprint density at radius 3 is 1.70 bits per heavy atom. The van der Waals surface area contributed by atoms with Gasteiger partial charge in [-0.2, -0.15) is 0 Å². The van der Waals surface area contributed by atoms with Crippen molar-refractivity contribution in [2.45, 2.75) is 0 Å². The maximum atomic E-state index is 9.65. The van der Waals surface area contributed by atoms with Crippen LogP contribution in [0.4, 0.5) is 0 Å². The van der Waals surface area contributed by atoms with Crippen molar-refractivity contribution in [2.75, 3.05) is 0 Å². The molecule has 0 unspecified atom stereocenters. The fourth-order valence-electron chi connectivity index (χ4n) is 6.20. The highest BCUT2D eigenvalue weighted by molar-refractivity contribution is 6.26. The van der Waals surface area contributed by atoms with Crippen LogP contribution >= 0.6 is 0 Å². The van der Waals surface area contributed by atoms with Crippen LogP contribution in [0.2, 0.25) is 0 Å². The molecule has 0 atom stereocenters. The summed E-state index contributed by atoms with van der Waals surface area (Å²) in [5.41, 5.74) is 2.00. The summed E-state index contributed by atoms with van der Waals surface area (Å²) in [5.74, 6) is 0. The molecule has 1 nitrogen and oxygen atoms in total. The molecule has 0 aliphatic heterocycles. The van der Waals surface area contributed by atoms with Crippen LogP contribution in [0.25, 0.3) is 87.6 Å². The average Bonchev–Trinajstić information content (AvgIpc) is 3.61. The number of hydrogen-bond acceptors (Lipinski definition) is 1. The molecule has 0 saturated heterocycles. The Labute approximate surface area is 267 Å². The van der Waals surface area contributed by atoms with Gasteiger partial charge < -0.3 is 4.42 Å². The monoisotopic (exact) mass is 559 g/mol. The van der Waals surface area contributed by atoms with Crippen LogP contribution in [0.15, 0.2) is 162 Å². The van der Waals surface area contributed by atoms with Gasteiger partial charge in [0.1, 0.15) is 11.2 Å². The average molecular weight is 560 g/mol. The molecule has 0 bridgehead atoms. The van der Waals surface area contributed by atoms with Gasteiger partial charge in [-0.05, 0) is 78.3 Å². The second kappa shape index (κ2) is 9.44. The largest absolute Gasteiger partial charge is 0.456 e. The third-order valence-corrected chi connectivity index (χ3v) is 7.94. The van der Waals surface area contributed by atoms with Crippen LogP contribution in [-0.4, -0.2) is 0 Å². The molecule has 1 heteroatoms. The molecule has 1 heterocycles. The number of hydrogen-bond donors (Lipinski definition) is 0. The number of fused-ring (bicyclic) bond motifs is 6. The van der Waals surface area contributed by atoms with E-state index in [0.29, 0.717) is 43.8 Å². The van der Waals surface area contributed by atoms with Crippen molar-refractivity contribution >= 4 is 54.3 Å². The molecule has 43 heavy (non-hydrogen) atoms. The predicted octanol–water partition coefficient (Wildman–Crippen LogP) is 12.0. The first-order valence-electron chi connectivity index (χ1n) is 20.2. The normalized spacial score (nSPS) is 16.0. The van der Waals surface area contributed by atoms with Crippen molar-refractivity contribution in [1.82, 2.24) is 0 Å². The second-order valence-electron chi connectivity index (χ2n) is 10.2. The van der Waals surface area contributed by atoms with Gasteiger partial charge in [-0.25, -0.2) is 0 Å². The Bertz CT molecular complexity index is 3160. The Hall–Kier alpha value is -5.66. The first-order chi connectivity index (χ1) is 26.8. The van der Waals surface area contributed by atoms with Gasteiger partial charge in [-0.3, -0.25) is 0 Å². The third kappa shape index (κ3) is 3.58. The number of para-hydroxylation sites is 1. The van der Waals surface area contributed by atoms with E-state index in [1.54, 1.807) is 48.5 Å². The lowest BCUT2D eigenvalue weighted by atomic mass is 9.82. The lowest BCUT2D eigenvalue weighted by Gasteiger charge is -2.21. The van der Waals surface area contributed by atoms with Crippen LogP contribution < -0.4 is 0 Å². The van der Waals surface area contributed by atoms with Gasteiger partial charge in [0.05, 0.1) is 17.8 Å². The molecule has 200 valence electrons. The Balaban J connectivity index is 1.56. The molecular formula is C42H26O. The lowest BCUT2D eigenvalue weighted by Crippen LogP contribution is -1.93. The molecule has 0 radical (unpaired) electrons. The number of benzene rings is 8. The zero-order valence-electron chi connectivity index (χ0n) is 35.4. The summed E-state index contributed by atoms with van der Waals surface area (Å²) in [6, 6.07) is 17.6. The van der Waals surface area contributed by atoms with Crippen molar-refractivity contribution in [1.29, 1.82) is 0 Å². The summed E-state index contributed by atoms with van der Waals surface area (Å²) < 4.78 is 121. The maximum absolute atomic E-state index is 9.65. The van der Waals surface area contributed by atoms with Gasteiger partial charge in [0, 0.05) is 16.3 Å². The highest BCUT2D eigenvalue weighted by Crippen LogP contribution is 2.49. The Morgan fingerprint density at radius 1 is 0.395 bits per heavy atom. The van der Waals surface area contributed by atoms with Crippen LogP contribution in [0.3, 0.4) is 0 Å². The van der Waals surface area contributed by atoms with Crippen molar-refractivity contribution in [3.8, 4) is 33.4 Å². The standard InChI is InChI=1S/C42H26O/c1-2-14-28(15-3-1)39-36(25-26-38-42(39)35-22-10-11-24-37(35)43-38)41-33-20-8-6-18-31(33)40(32-19-7-9-21-34(32)41)30-23-12-16-27-13-4-5-17-29(27)30/h1-26H/i4D,5D,10D,11D,12D,13D,16D,17D,22D,23D,24D,25D,26D. The van der Waals surface area contributed by atoms with E-state index in [9.17, 15) is 4.11 Å². The molecule has 0 saturated carbocycles. The molecule has 9 rings (SSSR count). The topological polar surface area (TPSA) is 13.1 Å². The molecule has 8 aromatic carbocycles. The van der Waals surface area contributed by atoms with E-state index in [0.717, 1.165) is 0 Å². The highest BCUT2D eigenvalue weighted by Gasteiger charge is 2.22. The van der Waals surface area contributed by atoms with Gasteiger partial charge in [0.25, 0.3) is 0 Å². The molecule has 0 fully saturated rings. The summed E-state index contributed by atoms with van der Waals surface area (Å²) in [6.45, 7) is 0. The third-order valence-electron chi connectivity index (χ3n) is 7.94. The van der Waals surface area contributed by atoms with Crippen molar-refractivity contribution < 1.29 is 22.2 Å². The van der Waals surface area contributed by atoms with E-state index in [1.165, 1.54) is 0 Å². The smallest absolute Gasteiger partial charge is 0.136 e. The predicted molar refractivity (Wildman–Crippen MR) is 183 cm³/mol. The molecule has 0 aliphatic carbocycles. The molecule has 0 aliphatic rings. The zero-order valence-corrected chi connectivity index (χ0v) is 22.4. The van der Waals surface area contributed by atoms with Crippen molar-refractivity contribution in [3.05, 3.63) is 157 Å². The molecular weight excluding hydrogens is 520 g/mol. The molecule has 0 spiro atoms. The van der Waals surface area contributed by atoms with Gasteiger partial charge in [-0.1, -0.05) is 139 Å². The fourth-order valence-corrected chi connectivity index (χ4v) is 6.20. The van der Waals surface area contributed by atoms with Gasteiger partial charge >= 0.3 is 0 Å². The van der Waals surface area contributed by atoms with E-state index in [1.807, 2.05) is 30.3 Å². The van der Waals surface area contributed by atoms with Crippen LogP contribution in [-0.2, 0) is 0 Å². The lowest BCUT2D eigenvalue weighted by molar-refractivity contribution is 0.669. The van der Waals surface area contributed by atoms with Crippen LogP contribution in [0.1, 0.15) is 17.8 Å². The quantitative estimate of drug-likeness (QED) is 0.196. The minimum absolute atomic E-state index is 0.0507. The molecule has 1 aromatic heterocycles. The molecule has 0 amide bonds. The SMILES string of the molecule is [2H]c1c([2H])c([2H])c2c(oc3c([2H])c([2H])c(-c4c5ccccc5c(-c5c([2H])c([2H])c([2H])c6c([2H])c([2H])c([2H])c([2H])c56)c5ccccc45)c(-c4ccccc4)c32)c1[2H]. The minimum Gasteiger partial charge on any atom is -0.456 e. The Kier molecular flexibility index (Phi) is 3.18. The number of furan rings is 1. The van der Waals surface area contributed by atoms with Crippen LogP contribution in [0.5, 0.6) is 0 Å². The van der Waals surface area contributed by atoms with Gasteiger partial charge in [0.15, 0.2) is 0 Å². The van der Waals surface area contributed by atoms with E-state index in [2.05, 4.69) is 0 Å². The first-order valence-corrected chi connectivity index (χ1v) is 13.7. The van der Waals surface area contributed by atoms with Crippen LogP contribution in [0, 0.1) is 0 Å². The summed E-state index contributed by atoms with van der Waals surface area (Å²) >= 11 is 0. The van der Waals surface area contributed by atoms with Gasteiger partial charge in [-0.15, -0.1) is 0 Å². The van der Waals surface area contributed by atoms with Gasteiger partial charge in [0.2, 0.25) is 0 Å². The highest BCUT2D eigenvalue weighted by atomic mass is 16.3. The van der Waals surface area contributed by atoms with E-state index in [4.69, 9.17) is 18.1 Å². The summed E-state index contributed by atoms with van der Waals surface area (Å²) in [7, 11) is 0. The summed E-state index contributed by atoms with van der Waals surface area (Å²) in [5, 5.41) is 2.16. The first kappa shape index (κ1) is 14.5. The second-order valence-corrected chi connectivity index (χ2v) is 10.2. The minimum atomic E-state index is -0.557. The fraction of sp³-hybridized carbons (Fsp3) is 0. The van der Waals surface area contributed by atoms with E-state index < -0.39 is 60.4 Å². The van der Waals surface area contributed by atoms with E-state index >= 15 is 0 Å². The summed E-state index contributed by atoms with van der Waals surface area (Å²) in [6.07, 6.45) is 0. The molecule has 0 N–H and O–H groups in total. The Morgan fingerprint density at radius 2 is 0.977 bits per heavy atom. The number of rotatable bonds is 3. The molecule has 9 aromatic rings.